The van der Waals surface area contributed by atoms with Crippen molar-refractivity contribution in [2.45, 2.75) is 40.2 Å². The summed E-state index contributed by atoms with van der Waals surface area (Å²) in [5.74, 6) is 0.0125. The fraction of sp³-hybridized carbons (Fsp3) is 0.846. The van der Waals surface area contributed by atoms with Crippen LogP contribution in [0.5, 0.6) is 0 Å². The summed E-state index contributed by atoms with van der Waals surface area (Å²) in [6, 6.07) is 0.116. The third-order valence-corrected chi connectivity index (χ3v) is 2.46. The molecule has 0 fully saturated rings. The van der Waals surface area contributed by atoms with Crippen molar-refractivity contribution in [1.82, 2.24) is 5.32 Å². The van der Waals surface area contributed by atoms with Gasteiger partial charge >= 0.3 is 0 Å². The summed E-state index contributed by atoms with van der Waals surface area (Å²) in [5.41, 5.74) is 0. The van der Waals surface area contributed by atoms with Crippen LogP contribution in [0.1, 0.15) is 34.1 Å². The van der Waals surface area contributed by atoms with Crippen LogP contribution in [0.15, 0.2) is 0 Å². The number of carbonyl (C=O) groups is 2. The molecule has 0 aromatic heterocycles. The van der Waals surface area contributed by atoms with E-state index in [0.717, 1.165) is 6.42 Å². The van der Waals surface area contributed by atoms with E-state index in [0.29, 0.717) is 13.2 Å². The molecule has 0 bridgehead atoms. The first-order chi connectivity index (χ1) is 8.47. The van der Waals surface area contributed by atoms with Gasteiger partial charge in [-0.25, -0.2) is 0 Å². The van der Waals surface area contributed by atoms with Gasteiger partial charge in [-0.3, -0.25) is 9.59 Å². The Morgan fingerprint density at radius 1 is 1.06 bits per heavy atom. The second-order valence-corrected chi connectivity index (χ2v) is 4.60. The van der Waals surface area contributed by atoms with Crippen LogP contribution in [0, 0.1) is 5.92 Å². The first-order valence-electron chi connectivity index (χ1n) is 6.44. The van der Waals surface area contributed by atoms with E-state index < -0.39 is 0 Å². The van der Waals surface area contributed by atoms with Crippen LogP contribution in [0.2, 0.25) is 0 Å². The van der Waals surface area contributed by atoms with Crippen LogP contribution in [0.3, 0.4) is 0 Å². The van der Waals surface area contributed by atoms with Crippen LogP contribution >= 0.6 is 0 Å². The summed E-state index contributed by atoms with van der Waals surface area (Å²) < 4.78 is 10.3. The number of amides is 1. The zero-order valence-electron chi connectivity index (χ0n) is 11.8. The summed E-state index contributed by atoms with van der Waals surface area (Å²) in [6.45, 7) is 8.44. The van der Waals surface area contributed by atoms with Gasteiger partial charge in [-0.1, -0.05) is 13.8 Å². The van der Waals surface area contributed by atoms with Gasteiger partial charge in [-0.2, -0.15) is 0 Å². The second-order valence-electron chi connectivity index (χ2n) is 4.60. The number of nitrogens with one attached hydrogen (secondary N) is 1. The van der Waals surface area contributed by atoms with Crippen LogP contribution in [-0.2, 0) is 19.1 Å². The smallest absolute Gasteiger partial charge is 0.246 e. The van der Waals surface area contributed by atoms with E-state index in [-0.39, 0.29) is 36.9 Å². The zero-order chi connectivity index (χ0) is 14.0. The normalized spacial score (nSPS) is 12.5. The first kappa shape index (κ1) is 17.1. The summed E-state index contributed by atoms with van der Waals surface area (Å²) in [4.78, 5) is 22.6. The number of carbonyl (C=O) groups excluding carboxylic acids is 2. The summed E-state index contributed by atoms with van der Waals surface area (Å²) in [5, 5.41) is 2.72. The molecular weight excluding hydrogens is 234 g/mol. The highest BCUT2D eigenvalue weighted by atomic mass is 16.5. The highest BCUT2D eigenvalue weighted by Gasteiger charge is 2.10. The molecule has 18 heavy (non-hydrogen) atoms. The van der Waals surface area contributed by atoms with Crippen LogP contribution in [-0.4, -0.2) is 44.2 Å². The number of ether oxygens (including phenoxy) is 2. The van der Waals surface area contributed by atoms with Crippen molar-refractivity contribution in [3.05, 3.63) is 0 Å². The SMILES string of the molecule is CCC(C)C(=O)COCCOCC(=O)NC(C)C. The lowest BCUT2D eigenvalue weighted by molar-refractivity contribution is -0.130. The van der Waals surface area contributed by atoms with Gasteiger partial charge in [0.2, 0.25) is 5.91 Å². The van der Waals surface area contributed by atoms with Crippen LogP contribution in [0.25, 0.3) is 0 Å². The number of hydrogen-bond acceptors (Lipinski definition) is 4. The van der Waals surface area contributed by atoms with E-state index in [1.807, 2.05) is 27.7 Å². The standard InChI is InChI=1S/C13H25NO4/c1-5-11(4)12(15)8-17-6-7-18-9-13(16)14-10(2)3/h10-11H,5-9H2,1-4H3,(H,14,16). The molecule has 0 saturated heterocycles. The summed E-state index contributed by atoms with van der Waals surface area (Å²) in [7, 11) is 0. The molecule has 0 aromatic rings. The Bertz CT molecular complexity index is 253. The third-order valence-electron chi connectivity index (χ3n) is 2.46. The van der Waals surface area contributed by atoms with E-state index in [1.165, 1.54) is 0 Å². The van der Waals surface area contributed by atoms with Crippen molar-refractivity contribution in [3.8, 4) is 0 Å². The molecule has 1 unspecified atom stereocenters. The largest absolute Gasteiger partial charge is 0.371 e. The minimum atomic E-state index is -0.138. The number of hydrogen-bond donors (Lipinski definition) is 1. The Balaban J connectivity index is 3.41. The predicted molar refractivity (Wildman–Crippen MR) is 69.4 cm³/mol. The number of Topliss-reactive ketones (excluding diaryl/α,β-unsaturated/α-hetero) is 1. The third kappa shape index (κ3) is 9.13. The monoisotopic (exact) mass is 259 g/mol. The molecule has 106 valence electrons. The lowest BCUT2D eigenvalue weighted by Gasteiger charge is -2.10. The maximum absolute atomic E-state index is 11.4. The summed E-state index contributed by atoms with van der Waals surface area (Å²) >= 11 is 0. The maximum atomic E-state index is 11.4. The molecule has 0 heterocycles. The van der Waals surface area contributed by atoms with Crippen molar-refractivity contribution in [2.24, 2.45) is 5.92 Å². The molecule has 0 aromatic carbocycles. The van der Waals surface area contributed by atoms with Crippen LogP contribution < -0.4 is 5.32 Å². The number of rotatable bonds is 10. The molecule has 1 amide bonds. The van der Waals surface area contributed by atoms with Gasteiger partial charge in [0, 0.05) is 12.0 Å². The van der Waals surface area contributed by atoms with Crippen molar-refractivity contribution in [1.29, 1.82) is 0 Å². The maximum Gasteiger partial charge on any atom is 0.246 e. The quantitative estimate of drug-likeness (QED) is 0.598. The minimum absolute atomic E-state index is 0.0286. The van der Waals surface area contributed by atoms with E-state index >= 15 is 0 Å². The summed E-state index contributed by atoms with van der Waals surface area (Å²) in [6.07, 6.45) is 0.827. The zero-order valence-corrected chi connectivity index (χ0v) is 11.8. The molecule has 5 heteroatoms. The van der Waals surface area contributed by atoms with Gasteiger partial charge in [0.1, 0.15) is 13.2 Å². The van der Waals surface area contributed by atoms with Crippen molar-refractivity contribution >= 4 is 11.7 Å². The Hall–Kier alpha value is -0.940. The molecule has 1 atom stereocenters. The van der Waals surface area contributed by atoms with Crippen molar-refractivity contribution in [3.63, 3.8) is 0 Å². The Labute approximate surface area is 109 Å². The molecule has 0 spiro atoms. The Morgan fingerprint density at radius 3 is 2.11 bits per heavy atom. The van der Waals surface area contributed by atoms with Gasteiger partial charge in [0.05, 0.1) is 13.2 Å². The van der Waals surface area contributed by atoms with Gasteiger partial charge in [0.15, 0.2) is 5.78 Å². The van der Waals surface area contributed by atoms with E-state index in [9.17, 15) is 9.59 Å². The van der Waals surface area contributed by atoms with Crippen molar-refractivity contribution < 1.29 is 19.1 Å². The van der Waals surface area contributed by atoms with E-state index in [4.69, 9.17) is 9.47 Å². The molecule has 0 aliphatic carbocycles. The minimum Gasteiger partial charge on any atom is -0.371 e. The average molecular weight is 259 g/mol. The molecule has 1 N–H and O–H groups in total. The predicted octanol–water partition coefficient (Wildman–Crippen LogP) is 1.16. The molecule has 0 saturated carbocycles. The fourth-order valence-electron chi connectivity index (χ4n) is 1.19. The van der Waals surface area contributed by atoms with Gasteiger partial charge in [-0.05, 0) is 20.3 Å². The van der Waals surface area contributed by atoms with Crippen molar-refractivity contribution in [2.75, 3.05) is 26.4 Å². The highest BCUT2D eigenvalue weighted by molar-refractivity contribution is 5.81. The first-order valence-corrected chi connectivity index (χ1v) is 6.44. The highest BCUT2D eigenvalue weighted by Crippen LogP contribution is 2.01. The molecule has 0 radical (unpaired) electrons. The lowest BCUT2D eigenvalue weighted by atomic mass is 10.1. The topological polar surface area (TPSA) is 64.6 Å². The van der Waals surface area contributed by atoms with Gasteiger partial charge in [0.25, 0.3) is 0 Å². The molecule has 0 rings (SSSR count). The van der Waals surface area contributed by atoms with Gasteiger partial charge < -0.3 is 14.8 Å². The molecule has 0 aliphatic heterocycles. The van der Waals surface area contributed by atoms with Crippen LogP contribution in [0.4, 0.5) is 0 Å². The average Bonchev–Trinajstić information content (AvgIpc) is 2.31. The Kier molecular flexibility index (Phi) is 9.50. The second kappa shape index (κ2) is 10.0. The van der Waals surface area contributed by atoms with Gasteiger partial charge in [-0.15, -0.1) is 0 Å². The molecular formula is C13H25NO4. The van der Waals surface area contributed by atoms with E-state index in [1.54, 1.807) is 0 Å². The molecule has 5 nitrogen and oxygen atoms in total. The molecule has 0 aliphatic rings. The fourth-order valence-corrected chi connectivity index (χ4v) is 1.19. The lowest BCUT2D eigenvalue weighted by Crippen LogP contribution is -2.33. The number of ketones is 1. The van der Waals surface area contributed by atoms with E-state index in [2.05, 4.69) is 5.32 Å². The Morgan fingerprint density at radius 2 is 1.61 bits per heavy atom.